The summed E-state index contributed by atoms with van der Waals surface area (Å²) in [5.74, 6) is -1.71. The van der Waals surface area contributed by atoms with Gasteiger partial charge in [0.25, 0.3) is 0 Å². The number of hydrogen-bond donors (Lipinski definition) is 3. The highest BCUT2D eigenvalue weighted by atomic mass is 35.5. The molecule has 252 valence electrons. The van der Waals surface area contributed by atoms with E-state index in [1.165, 1.54) is 12.1 Å². The second-order valence-corrected chi connectivity index (χ2v) is 13.9. The van der Waals surface area contributed by atoms with Crippen LogP contribution < -0.4 is 20.7 Å². The number of nitrogens with one attached hydrogen (secondary N) is 1. The van der Waals surface area contributed by atoms with Gasteiger partial charge in [0.2, 0.25) is 5.91 Å². The first-order valence-electron chi connectivity index (χ1n) is 16.5. The Hall–Kier alpha value is -3.42. The summed E-state index contributed by atoms with van der Waals surface area (Å²) >= 11 is 6.50. The SMILES string of the molecule is Nc1cc2c(c(Cl)n1)CCCCC(=O)NCCC1(O)CCCN(C1)c1nc(OC[C@@]34CCCN3CC(F)C4)nc3c(F)c-2c(F)cc13. The Morgan fingerprint density at radius 1 is 1.09 bits per heavy atom. The van der Waals surface area contributed by atoms with Crippen LogP contribution in [0, 0.1) is 11.6 Å². The fourth-order valence-electron chi connectivity index (χ4n) is 7.99. The van der Waals surface area contributed by atoms with Gasteiger partial charge in [-0.1, -0.05) is 11.6 Å². The van der Waals surface area contributed by atoms with Gasteiger partial charge in [0.05, 0.1) is 16.7 Å². The summed E-state index contributed by atoms with van der Waals surface area (Å²) in [6.07, 6.45) is 4.00. The van der Waals surface area contributed by atoms with Crippen LogP contribution in [0.5, 0.6) is 6.01 Å². The van der Waals surface area contributed by atoms with Gasteiger partial charge >= 0.3 is 6.01 Å². The van der Waals surface area contributed by atoms with E-state index in [0.717, 1.165) is 19.4 Å². The zero-order chi connectivity index (χ0) is 32.9. The number of piperidine rings is 1. The molecule has 0 aliphatic carbocycles. The third-order valence-electron chi connectivity index (χ3n) is 10.3. The number of nitrogens with two attached hydrogens (primary N) is 1. The topological polar surface area (TPSA) is 130 Å². The normalized spacial score (nSPS) is 27.0. The Kier molecular flexibility index (Phi) is 8.58. The van der Waals surface area contributed by atoms with Gasteiger partial charge in [-0.15, -0.1) is 0 Å². The van der Waals surface area contributed by atoms with Gasteiger partial charge < -0.3 is 25.8 Å². The van der Waals surface area contributed by atoms with Crippen LogP contribution in [-0.4, -0.2) is 87.5 Å². The highest BCUT2D eigenvalue weighted by Gasteiger charge is 2.49. The number of ether oxygens (including phenoxy) is 1. The number of rotatable bonds is 3. The number of aromatic nitrogens is 3. The van der Waals surface area contributed by atoms with E-state index in [0.29, 0.717) is 63.6 Å². The highest BCUT2D eigenvalue weighted by molar-refractivity contribution is 6.30. The van der Waals surface area contributed by atoms with Gasteiger partial charge in [0.15, 0.2) is 5.82 Å². The molecule has 4 N–H and O–H groups in total. The Bertz CT molecular complexity index is 1720. The van der Waals surface area contributed by atoms with Crippen molar-refractivity contribution in [2.24, 2.45) is 0 Å². The molecule has 3 saturated heterocycles. The number of fused-ring (bicyclic) bond motifs is 9. The lowest BCUT2D eigenvalue weighted by Gasteiger charge is -2.40. The third kappa shape index (κ3) is 6.17. The molecule has 2 aromatic heterocycles. The lowest BCUT2D eigenvalue weighted by Crippen LogP contribution is -2.50. The maximum absolute atomic E-state index is 16.8. The number of nitrogens with zero attached hydrogens (tertiary/aromatic N) is 5. The predicted octanol–water partition coefficient (Wildman–Crippen LogP) is 4.72. The van der Waals surface area contributed by atoms with Crippen LogP contribution in [0.25, 0.3) is 22.0 Å². The minimum atomic E-state index is -1.17. The van der Waals surface area contributed by atoms with Crippen LogP contribution in [0.4, 0.5) is 24.8 Å². The highest BCUT2D eigenvalue weighted by Crippen LogP contribution is 2.42. The summed E-state index contributed by atoms with van der Waals surface area (Å²) in [7, 11) is 0. The molecule has 10 nitrogen and oxygen atoms in total. The molecule has 14 heteroatoms. The molecule has 6 bridgehead atoms. The molecule has 3 fully saturated rings. The van der Waals surface area contributed by atoms with Gasteiger partial charge in [-0.25, -0.2) is 18.2 Å². The van der Waals surface area contributed by atoms with Crippen LogP contribution in [0.1, 0.15) is 63.4 Å². The maximum Gasteiger partial charge on any atom is 0.319 e. The first kappa shape index (κ1) is 32.1. The summed E-state index contributed by atoms with van der Waals surface area (Å²) in [5.41, 5.74) is 4.41. The number of hydrogen-bond acceptors (Lipinski definition) is 9. The summed E-state index contributed by atoms with van der Waals surface area (Å²) in [6, 6.07) is 2.49. The number of anilines is 2. The van der Waals surface area contributed by atoms with Crippen LogP contribution in [0.15, 0.2) is 12.1 Å². The Morgan fingerprint density at radius 3 is 2.74 bits per heavy atom. The van der Waals surface area contributed by atoms with Gasteiger partial charge in [-0.2, -0.15) is 9.97 Å². The lowest BCUT2D eigenvalue weighted by molar-refractivity contribution is -0.121. The lowest BCUT2D eigenvalue weighted by atomic mass is 9.89. The van der Waals surface area contributed by atoms with Crippen molar-refractivity contribution < 1.29 is 27.8 Å². The van der Waals surface area contributed by atoms with Crippen LogP contribution in [0.3, 0.4) is 0 Å². The molecule has 47 heavy (non-hydrogen) atoms. The maximum atomic E-state index is 16.8. The third-order valence-corrected chi connectivity index (χ3v) is 10.6. The van der Waals surface area contributed by atoms with E-state index in [1.807, 2.05) is 0 Å². The van der Waals surface area contributed by atoms with Crippen LogP contribution in [-0.2, 0) is 11.2 Å². The van der Waals surface area contributed by atoms with Crippen molar-refractivity contribution in [1.29, 1.82) is 0 Å². The van der Waals surface area contributed by atoms with E-state index < -0.39 is 28.9 Å². The molecule has 7 heterocycles. The quantitative estimate of drug-likeness (QED) is 0.338. The first-order valence-corrected chi connectivity index (χ1v) is 16.8. The molecular formula is C33H39ClF3N7O3. The summed E-state index contributed by atoms with van der Waals surface area (Å²) < 4.78 is 53.7. The average molecular weight is 674 g/mol. The van der Waals surface area contributed by atoms with Gasteiger partial charge in [-0.3, -0.25) is 9.69 Å². The molecule has 3 atom stereocenters. The predicted molar refractivity (Wildman–Crippen MR) is 172 cm³/mol. The Morgan fingerprint density at radius 2 is 1.89 bits per heavy atom. The summed E-state index contributed by atoms with van der Waals surface area (Å²) in [5, 5.41) is 14.6. The molecule has 8 rings (SSSR count). The fourth-order valence-corrected chi connectivity index (χ4v) is 8.28. The number of aliphatic hydroxyl groups is 1. The van der Waals surface area contributed by atoms with E-state index in [-0.39, 0.29) is 76.9 Å². The van der Waals surface area contributed by atoms with Crippen LogP contribution in [0.2, 0.25) is 5.15 Å². The number of benzene rings is 1. The van der Waals surface area contributed by atoms with E-state index in [2.05, 4.69) is 25.2 Å². The minimum Gasteiger partial charge on any atom is -0.461 e. The molecule has 2 unspecified atom stereocenters. The number of pyridine rings is 1. The van der Waals surface area contributed by atoms with E-state index in [4.69, 9.17) is 22.1 Å². The monoisotopic (exact) mass is 673 g/mol. The zero-order valence-electron chi connectivity index (χ0n) is 26.1. The van der Waals surface area contributed by atoms with Crippen molar-refractivity contribution in [2.75, 3.05) is 50.0 Å². The average Bonchev–Trinajstić information content (AvgIpc) is 3.54. The van der Waals surface area contributed by atoms with Crippen molar-refractivity contribution in [2.45, 2.75) is 81.5 Å². The van der Waals surface area contributed by atoms with Crippen molar-refractivity contribution >= 4 is 40.0 Å². The second kappa shape index (κ2) is 12.6. The molecule has 0 saturated carbocycles. The molecule has 1 aromatic carbocycles. The first-order chi connectivity index (χ1) is 22.5. The summed E-state index contributed by atoms with van der Waals surface area (Å²) in [6.45, 7) is 2.11. The van der Waals surface area contributed by atoms with Crippen molar-refractivity contribution in [3.05, 3.63) is 34.5 Å². The van der Waals surface area contributed by atoms with E-state index in [1.54, 1.807) is 4.90 Å². The molecule has 1 amide bonds. The van der Waals surface area contributed by atoms with Crippen molar-refractivity contribution in [1.82, 2.24) is 25.2 Å². The van der Waals surface area contributed by atoms with Crippen molar-refractivity contribution in [3.63, 3.8) is 0 Å². The van der Waals surface area contributed by atoms with Gasteiger partial charge in [-0.05, 0) is 81.2 Å². The fraction of sp³-hybridized carbons (Fsp3) is 0.576. The molecule has 5 aliphatic heterocycles. The van der Waals surface area contributed by atoms with E-state index >= 15 is 8.78 Å². The number of alkyl halides is 1. The molecular weight excluding hydrogens is 635 g/mol. The summed E-state index contributed by atoms with van der Waals surface area (Å²) in [4.78, 5) is 29.8. The minimum absolute atomic E-state index is 0.00253. The standard InChI is InChI=1S/C33H39ClF3N7O3/c34-29-20-5-1-2-6-25(45)39-10-9-33(46)8-4-11-43(17-33)30-22-13-23(36)26(21(20)14-24(38)40-29)27(37)28(22)41-31(42-30)47-18-32-7-3-12-44(32)16-19(35)15-32/h13-14,19,46H,1-12,15-18H2,(H2,38,40)(H,39,45)/t19?,32-,33?/m0/s1. The molecule has 0 spiro atoms. The number of halogens is 4. The Balaban J connectivity index is 1.37. The van der Waals surface area contributed by atoms with E-state index in [9.17, 15) is 14.3 Å². The van der Waals surface area contributed by atoms with Gasteiger partial charge in [0, 0.05) is 44.4 Å². The van der Waals surface area contributed by atoms with Crippen molar-refractivity contribution in [3.8, 4) is 17.1 Å². The Labute approximate surface area is 275 Å². The second-order valence-electron chi connectivity index (χ2n) is 13.6. The molecule has 0 radical (unpaired) electrons. The van der Waals surface area contributed by atoms with Gasteiger partial charge in [0.1, 0.15) is 40.9 Å². The number of carbonyl (C=O) groups is 1. The smallest absolute Gasteiger partial charge is 0.319 e. The number of carbonyl (C=O) groups excluding carboxylic acids is 1. The van der Waals surface area contributed by atoms with Crippen LogP contribution >= 0.6 is 11.6 Å². The molecule has 5 aliphatic rings. The zero-order valence-corrected chi connectivity index (χ0v) is 26.9. The largest absolute Gasteiger partial charge is 0.461 e. The molecule has 3 aromatic rings. The number of nitrogen functional groups attached to an aromatic ring is 1. The number of amides is 1.